The molecular weight excluding hydrogens is 267 g/mol. The van der Waals surface area contributed by atoms with Crippen molar-refractivity contribution >= 4 is 34.8 Å². The number of carbonyl (C=O) groups excluding carboxylic acids is 1. The molecule has 0 unspecified atom stereocenters. The van der Waals surface area contributed by atoms with Gasteiger partial charge in [-0.15, -0.1) is 0 Å². The van der Waals surface area contributed by atoms with Crippen molar-refractivity contribution in [2.45, 2.75) is 6.92 Å². The van der Waals surface area contributed by atoms with E-state index in [0.29, 0.717) is 5.69 Å². The Balaban J connectivity index is 2.28. The highest BCUT2D eigenvalue weighted by atomic mass is 35.5. The van der Waals surface area contributed by atoms with Crippen LogP contribution in [-0.2, 0) is 0 Å². The molecule has 88 valence electrons. The summed E-state index contributed by atoms with van der Waals surface area (Å²) in [6, 6.07) is 0. The maximum Gasteiger partial charge on any atom is 0.293 e. The van der Waals surface area contributed by atoms with E-state index in [1.54, 1.807) is 6.92 Å². The third-order valence-electron chi connectivity index (χ3n) is 1.95. The number of anilines is 1. The molecule has 0 fully saturated rings. The van der Waals surface area contributed by atoms with Crippen LogP contribution in [0.25, 0.3) is 0 Å². The Morgan fingerprint density at radius 1 is 1.29 bits per heavy atom. The fourth-order valence-electron chi connectivity index (χ4n) is 1.14. The minimum atomic E-state index is -0.515. The molecule has 1 N–H and O–H groups in total. The summed E-state index contributed by atoms with van der Waals surface area (Å²) in [4.78, 5) is 23.0. The van der Waals surface area contributed by atoms with Gasteiger partial charge in [0.2, 0.25) is 5.76 Å². The minimum Gasteiger partial charge on any atom is -0.438 e. The number of aromatic nitrogens is 3. The Kier molecular flexibility index (Phi) is 3.26. The van der Waals surface area contributed by atoms with Crippen molar-refractivity contribution in [2.75, 3.05) is 5.32 Å². The second-order valence-corrected chi connectivity index (χ2v) is 3.77. The lowest BCUT2D eigenvalue weighted by atomic mass is 10.3. The quantitative estimate of drug-likeness (QED) is 0.849. The van der Waals surface area contributed by atoms with E-state index in [1.165, 1.54) is 12.7 Å². The number of hydrogen-bond donors (Lipinski definition) is 1. The first kappa shape index (κ1) is 11.8. The molecule has 1 amide bonds. The standard InChI is InChI=1S/C9H6Cl2N4O2/c1-4-6(17-3-14-4)9(16)15-5-7(10)12-2-13-8(5)11/h2-3H,1H3,(H,15,16). The van der Waals surface area contributed by atoms with Crippen molar-refractivity contribution in [1.29, 1.82) is 0 Å². The molecule has 2 heterocycles. The van der Waals surface area contributed by atoms with Crippen LogP contribution >= 0.6 is 23.2 Å². The van der Waals surface area contributed by atoms with Gasteiger partial charge in [-0.1, -0.05) is 23.2 Å². The highest BCUT2D eigenvalue weighted by Gasteiger charge is 2.17. The van der Waals surface area contributed by atoms with E-state index in [9.17, 15) is 4.79 Å². The summed E-state index contributed by atoms with van der Waals surface area (Å²) in [6.45, 7) is 1.64. The molecule has 17 heavy (non-hydrogen) atoms. The monoisotopic (exact) mass is 272 g/mol. The van der Waals surface area contributed by atoms with E-state index in [1.807, 2.05) is 0 Å². The molecule has 6 nitrogen and oxygen atoms in total. The number of nitrogens with zero attached hydrogens (tertiary/aromatic N) is 3. The molecule has 0 aliphatic heterocycles. The third kappa shape index (κ3) is 2.37. The van der Waals surface area contributed by atoms with Crippen LogP contribution in [0.2, 0.25) is 10.3 Å². The number of rotatable bonds is 2. The van der Waals surface area contributed by atoms with Gasteiger partial charge in [0.15, 0.2) is 16.7 Å². The van der Waals surface area contributed by atoms with E-state index in [-0.39, 0.29) is 21.8 Å². The topological polar surface area (TPSA) is 80.9 Å². The van der Waals surface area contributed by atoms with Gasteiger partial charge in [0.1, 0.15) is 12.0 Å². The molecule has 2 rings (SSSR count). The molecule has 0 radical (unpaired) electrons. The zero-order valence-corrected chi connectivity index (χ0v) is 10.1. The fourth-order valence-corrected chi connectivity index (χ4v) is 1.55. The predicted molar refractivity (Wildman–Crippen MR) is 61.2 cm³/mol. The van der Waals surface area contributed by atoms with E-state index >= 15 is 0 Å². The summed E-state index contributed by atoms with van der Waals surface area (Å²) < 4.78 is 4.93. The van der Waals surface area contributed by atoms with Gasteiger partial charge in [0, 0.05) is 0 Å². The second kappa shape index (κ2) is 4.68. The number of carbonyl (C=O) groups is 1. The molecule has 2 aromatic heterocycles. The second-order valence-electron chi connectivity index (χ2n) is 3.05. The van der Waals surface area contributed by atoms with E-state index < -0.39 is 5.91 Å². The zero-order valence-electron chi connectivity index (χ0n) is 8.57. The van der Waals surface area contributed by atoms with Gasteiger partial charge in [-0.25, -0.2) is 15.0 Å². The van der Waals surface area contributed by atoms with Gasteiger partial charge >= 0.3 is 0 Å². The summed E-state index contributed by atoms with van der Waals surface area (Å²) in [7, 11) is 0. The minimum absolute atomic E-state index is 0.0514. The van der Waals surface area contributed by atoms with Crippen molar-refractivity contribution in [3.05, 3.63) is 34.5 Å². The van der Waals surface area contributed by atoms with E-state index in [0.717, 1.165) is 0 Å². The molecule has 0 bridgehead atoms. The lowest BCUT2D eigenvalue weighted by Gasteiger charge is -2.05. The molecule has 0 saturated carbocycles. The fraction of sp³-hybridized carbons (Fsp3) is 0.111. The Morgan fingerprint density at radius 3 is 2.47 bits per heavy atom. The molecule has 8 heteroatoms. The Hall–Kier alpha value is -1.66. The normalized spacial score (nSPS) is 10.3. The number of hydrogen-bond acceptors (Lipinski definition) is 5. The summed E-state index contributed by atoms with van der Waals surface area (Å²) in [5.41, 5.74) is 0.600. The first-order chi connectivity index (χ1) is 8.09. The van der Waals surface area contributed by atoms with Crippen LogP contribution in [0, 0.1) is 6.92 Å². The first-order valence-corrected chi connectivity index (χ1v) is 5.22. The van der Waals surface area contributed by atoms with Gasteiger partial charge in [0.05, 0.1) is 5.69 Å². The molecule has 0 atom stereocenters. The van der Waals surface area contributed by atoms with Crippen LogP contribution in [0.5, 0.6) is 0 Å². The van der Waals surface area contributed by atoms with Crippen LogP contribution < -0.4 is 5.32 Å². The van der Waals surface area contributed by atoms with Gasteiger partial charge in [0.25, 0.3) is 5.91 Å². The van der Waals surface area contributed by atoms with Crippen LogP contribution in [0.15, 0.2) is 17.1 Å². The number of nitrogens with one attached hydrogen (secondary N) is 1. The lowest BCUT2D eigenvalue weighted by molar-refractivity contribution is 0.0996. The summed E-state index contributed by atoms with van der Waals surface area (Å²) >= 11 is 11.6. The maximum absolute atomic E-state index is 11.8. The molecule has 0 aliphatic rings. The van der Waals surface area contributed by atoms with Crippen molar-refractivity contribution in [3.8, 4) is 0 Å². The lowest BCUT2D eigenvalue weighted by Crippen LogP contribution is -2.13. The first-order valence-electron chi connectivity index (χ1n) is 4.47. The largest absolute Gasteiger partial charge is 0.438 e. The smallest absolute Gasteiger partial charge is 0.293 e. The number of amides is 1. The molecule has 0 saturated heterocycles. The number of halogens is 2. The van der Waals surface area contributed by atoms with Crippen LogP contribution in [-0.4, -0.2) is 20.9 Å². The predicted octanol–water partition coefficient (Wildman–Crippen LogP) is 2.33. The Morgan fingerprint density at radius 2 is 1.94 bits per heavy atom. The summed E-state index contributed by atoms with van der Waals surface area (Å²) in [6.07, 6.45) is 2.37. The molecule has 2 aromatic rings. The summed E-state index contributed by atoms with van der Waals surface area (Å²) in [5, 5.41) is 2.56. The van der Waals surface area contributed by atoms with Gasteiger partial charge in [-0.3, -0.25) is 4.79 Å². The van der Waals surface area contributed by atoms with Gasteiger partial charge in [-0.2, -0.15) is 0 Å². The number of oxazole rings is 1. The van der Waals surface area contributed by atoms with Crippen LogP contribution in [0.4, 0.5) is 5.69 Å². The van der Waals surface area contributed by atoms with Crippen molar-refractivity contribution in [1.82, 2.24) is 15.0 Å². The van der Waals surface area contributed by atoms with E-state index in [4.69, 9.17) is 27.6 Å². The van der Waals surface area contributed by atoms with Crippen LogP contribution in [0.1, 0.15) is 16.2 Å². The molecular formula is C9H6Cl2N4O2. The van der Waals surface area contributed by atoms with E-state index in [2.05, 4.69) is 20.3 Å². The molecule has 0 spiro atoms. The SMILES string of the molecule is Cc1ncoc1C(=O)Nc1c(Cl)ncnc1Cl. The highest BCUT2D eigenvalue weighted by molar-refractivity contribution is 6.38. The van der Waals surface area contributed by atoms with Gasteiger partial charge < -0.3 is 9.73 Å². The summed E-state index contributed by atoms with van der Waals surface area (Å²) in [5.74, 6) is -0.431. The average Bonchev–Trinajstić information content (AvgIpc) is 2.70. The van der Waals surface area contributed by atoms with Crippen LogP contribution in [0.3, 0.4) is 0 Å². The molecule has 0 aromatic carbocycles. The molecule has 0 aliphatic carbocycles. The van der Waals surface area contributed by atoms with Crippen molar-refractivity contribution in [3.63, 3.8) is 0 Å². The maximum atomic E-state index is 11.8. The van der Waals surface area contributed by atoms with Crippen molar-refractivity contribution < 1.29 is 9.21 Å². The third-order valence-corrected chi connectivity index (χ3v) is 2.52. The number of aryl methyl sites for hydroxylation is 1. The average molecular weight is 273 g/mol. The Bertz CT molecular complexity index is 550. The van der Waals surface area contributed by atoms with Crippen molar-refractivity contribution in [2.24, 2.45) is 0 Å². The highest BCUT2D eigenvalue weighted by Crippen LogP contribution is 2.26. The van der Waals surface area contributed by atoms with Gasteiger partial charge in [-0.05, 0) is 6.92 Å². The Labute approximate surface area is 106 Å². The zero-order chi connectivity index (χ0) is 12.4.